The molecule has 2 aliphatic heterocycles. The van der Waals surface area contributed by atoms with Gasteiger partial charge in [0.15, 0.2) is 0 Å². The largest absolute Gasteiger partial charge is 0.480 e. The molecule has 3 atom stereocenters. The molecule has 13 heavy (non-hydrogen) atoms. The molecule has 2 fully saturated rings. The van der Waals surface area contributed by atoms with Gasteiger partial charge in [-0.2, -0.15) is 0 Å². The van der Waals surface area contributed by atoms with Gasteiger partial charge in [0, 0.05) is 6.04 Å². The summed E-state index contributed by atoms with van der Waals surface area (Å²) in [6.07, 6.45) is 1.90. The number of rotatable bonds is 1. The molecule has 2 aliphatic rings. The number of piperidine rings is 1. The molecule has 0 aromatic heterocycles. The molecule has 0 spiro atoms. The van der Waals surface area contributed by atoms with E-state index in [1.165, 1.54) is 0 Å². The zero-order valence-electron chi connectivity index (χ0n) is 7.86. The third kappa shape index (κ3) is 1.44. The van der Waals surface area contributed by atoms with Crippen LogP contribution in [0.25, 0.3) is 0 Å². The maximum atomic E-state index is 10.9. The van der Waals surface area contributed by atoms with Crippen LogP contribution in [0.15, 0.2) is 0 Å². The molecule has 0 saturated carbocycles. The van der Waals surface area contributed by atoms with Crippen LogP contribution in [0.1, 0.15) is 12.8 Å². The minimum absolute atomic E-state index is 0.255. The number of carbonyl (C=O) groups is 1. The quantitative estimate of drug-likeness (QED) is 0.590. The number of likely N-dealkylation sites (tertiary alicyclic amines) is 1. The zero-order chi connectivity index (χ0) is 9.42. The predicted octanol–water partition coefficient (Wildman–Crippen LogP) is -0.247. The molecule has 2 N–H and O–H groups in total. The summed E-state index contributed by atoms with van der Waals surface area (Å²) in [7, 11) is 1.94. The normalized spacial score (nSPS) is 40.2. The Morgan fingerprint density at radius 2 is 2.38 bits per heavy atom. The number of hydrogen-bond donors (Lipinski definition) is 2. The molecule has 3 unspecified atom stereocenters. The Bertz CT molecular complexity index is 220. The minimum Gasteiger partial charge on any atom is -0.480 e. The van der Waals surface area contributed by atoms with Crippen LogP contribution in [0.4, 0.5) is 0 Å². The lowest BCUT2D eigenvalue weighted by Crippen LogP contribution is -2.44. The monoisotopic (exact) mass is 184 g/mol. The maximum Gasteiger partial charge on any atom is 0.320 e. The highest BCUT2D eigenvalue weighted by Gasteiger charge is 2.42. The predicted molar refractivity (Wildman–Crippen MR) is 48.6 cm³/mol. The fourth-order valence-corrected chi connectivity index (χ4v) is 2.64. The van der Waals surface area contributed by atoms with Gasteiger partial charge in [-0.15, -0.1) is 0 Å². The maximum absolute atomic E-state index is 10.9. The van der Waals surface area contributed by atoms with Gasteiger partial charge >= 0.3 is 5.97 Å². The van der Waals surface area contributed by atoms with Crippen LogP contribution >= 0.6 is 0 Å². The molecule has 0 bridgehead atoms. The summed E-state index contributed by atoms with van der Waals surface area (Å²) in [6.45, 7) is 2.01. The number of likely N-dealkylation sites (N-methyl/N-ethyl adjacent to an activating group) is 1. The zero-order valence-corrected chi connectivity index (χ0v) is 7.86. The molecule has 0 aromatic rings. The molecular formula is C9H16N2O2. The highest BCUT2D eigenvalue weighted by Crippen LogP contribution is 2.31. The van der Waals surface area contributed by atoms with Crippen LogP contribution in [0.2, 0.25) is 0 Å². The summed E-state index contributed by atoms with van der Waals surface area (Å²) in [4.78, 5) is 12.9. The average molecular weight is 184 g/mol. The summed E-state index contributed by atoms with van der Waals surface area (Å²) < 4.78 is 0. The number of nitrogens with one attached hydrogen (secondary N) is 1. The van der Waals surface area contributed by atoms with Crippen molar-refractivity contribution in [2.24, 2.45) is 5.92 Å². The summed E-state index contributed by atoms with van der Waals surface area (Å²) in [5, 5.41) is 12.3. The number of hydrogen-bond acceptors (Lipinski definition) is 3. The number of nitrogens with zero attached hydrogens (tertiary/aromatic N) is 1. The van der Waals surface area contributed by atoms with E-state index in [0.29, 0.717) is 12.0 Å². The van der Waals surface area contributed by atoms with Crippen molar-refractivity contribution in [2.45, 2.75) is 24.9 Å². The van der Waals surface area contributed by atoms with Crippen molar-refractivity contribution in [1.29, 1.82) is 0 Å². The van der Waals surface area contributed by atoms with E-state index in [1.807, 2.05) is 11.9 Å². The highest BCUT2D eigenvalue weighted by molar-refractivity contribution is 5.74. The van der Waals surface area contributed by atoms with Crippen molar-refractivity contribution in [2.75, 3.05) is 20.1 Å². The van der Waals surface area contributed by atoms with E-state index in [1.54, 1.807) is 0 Å². The summed E-state index contributed by atoms with van der Waals surface area (Å²) in [5.41, 5.74) is 0. The van der Waals surface area contributed by atoms with Crippen molar-refractivity contribution >= 4 is 5.97 Å². The standard InChI is InChI=1S/C9H16N2O2/c1-11-7-2-3-10-5-6(7)4-8(11)9(12)13/h6-8,10H,2-5H2,1H3,(H,12,13). The third-order valence-corrected chi connectivity index (χ3v) is 3.39. The molecule has 0 aromatic carbocycles. The van der Waals surface area contributed by atoms with E-state index in [-0.39, 0.29) is 6.04 Å². The lowest BCUT2D eigenvalue weighted by Gasteiger charge is -2.30. The van der Waals surface area contributed by atoms with Crippen LogP contribution in [-0.4, -0.2) is 48.2 Å². The Morgan fingerprint density at radius 3 is 3.00 bits per heavy atom. The molecule has 2 rings (SSSR count). The van der Waals surface area contributed by atoms with Gasteiger partial charge in [-0.05, 0) is 38.9 Å². The molecule has 4 heteroatoms. The van der Waals surface area contributed by atoms with Crippen LogP contribution in [0.5, 0.6) is 0 Å². The first-order valence-corrected chi connectivity index (χ1v) is 4.85. The fourth-order valence-electron chi connectivity index (χ4n) is 2.64. The van der Waals surface area contributed by atoms with Crippen LogP contribution in [0.3, 0.4) is 0 Å². The molecule has 2 heterocycles. The Morgan fingerprint density at radius 1 is 1.62 bits per heavy atom. The second-order valence-corrected chi connectivity index (χ2v) is 4.08. The number of carboxylic acids is 1. The minimum atomic E-state index is -0.670. The molecule has 0 radical (unpaired) electrons. The second-order valence-electron chi connectivity index (χ2n) is 4.08. The first-order valence-electron chi connectivity index (χ1n) is 4.85. The smallest absolute Gasteiger partial charge is 0.320 e. The lowest BCUT2D eigenvalue weighted by molar-refractivity contribution is -0.142. The first-order chi connectivity index (χ1) is 6.20. The van der Waals surface area contributed by atoms with Crippen molar-refractivity contribution < 1.29 is 9.90 Å². The topological polar surface area (TPSA) is 52.6 Å². The van der Waals surface area contributed by atoms with Crippen molar-refractivity contribution in [3.63, 3.8) is 0 Å². The Labute approximate surface area is 77.9 Å². The Balaban J connectivity index is 2.09. The van der Waals surface area contributed by atoms with E-state index in [2.05, 4.69) is 5.32 Å². The summed E-state index contributed by atoms with van der Waals surface area (Å²) >= 11 is 0. The summed E-state index contributed by atoms with van der Waals surface area (Å²) in [6, 6.07) is 0.234. The SMILES string of the molecule is CN1C(C(=O)O)CC2CNCCC21. The molecule has 0 amide bonds. The molecule has 2 saturated heterocycles. The van der Waals surface area contributed by atoms with Crippen LogP contribution in [-0.2, 0) is 4.79 Å². The summed E-state index contributed by atoms with van der Waals surface area (Å²) in [5.74, 6) is -0.128. The molecule has 74 valence electrons. The van der Waals surface area contributed by atoms with Gasteiger partial charge in [0.2, 0.25) is 0 Å². The van der Waals surface area contributed by atoms with Gasteiger partial charge in [0.25, 0.3) is 0 Å². The molecular weight excluding hydrogens is 168 g/mol. The second kappa shape index (κ2) is 3.27. The van der Waals surface area contributed by atoms with Gasteiger partial charge in [-0.1, -0.05) is 0 Å². The molecule has 4 nitrogen and oxygen atoms in total. The average Bonchev–Trinajstić information content (AvgIpc) is 2.45. The van der Waals surface area contributed by atoms with Gasteiger partial charge in [-0.25, -0.2) is 0 Å². The van der Waals surface area contributed by atoms with Gasteiger partial charge in [0.1, 0.15) is 6.04 Å². The molecule has 0 aliphatic carbocycles. The van der Waals surface area contributed by atoms with E-state index < -0.39 is 5.97 Å². The van der Waals surface area contributed by atoms with Gasteiger partial charge in [-0.3, -0.25) is 9.69 Å². The van der Waals surface area contributed by atoms with Crippen LogP contribution in [0, 0.1) is 5.92 Å². The van der Waals surface area contributed by atoms with Gasteiger partial charge in [0.05, 0.1) is 0 Å². The van der Waals surface area contributed by atoms with Crippen molar-refractivity contribution in [1.82, 2.24) is 10.2 Å². The van der Waals surface area contributed by atoms with Crippen molar-refractivity contribution in [3.05, 3.63) is 0 Å². The van der Waals surface area contributed by atoms with Crippen molar-refractivity contribution in [3.8, 4) is 0 Å². The van der Waals surface area contributed by atoms with Crippen LogP contribution < -0.4 is 5.32 Å². The Kier molecular flexibility index (Phi) is 2.26. The third-order valence-electron chi connectivity index (χ3n) is 3.39. The highest BCUT2D eigenvalue weighted by atomic mass is 16.4. The Hall–Kier alpha value is -0.610. The van der Waals surface area contributed by atoms with E-state index in [9.17, 15) is 4.79 Å². The number of fused-ring (bicyclic) bond motifs is 1. The van der Waals surface area contributed by atoms with E-state index >= 15 is 0 Å². The fraction of sp³-hybridized carbons (Fsp3) is 0.889. The van der Waals surface area contributed by atoms with Gasteiger partial charge < -0.3 is 10.4 Å². The lowest BCUT2D eigenvalue weighted by atomic mass is 9.93. The number of aliphatic carboxylic acids is 1. The number of carboxylic acid groups (broad SMARTS) is 1. The van der Waals surface area contributed by atoms with E-state index in [4.69, 9.17) is 5.11 Å². The van der Waals surface area contributed by atoms with E-state index in [0.717, 1.165) is 25.9 Å². The first kappa shape index (κ1) is 8.97.